The van der Waals surface area contributed by atoms with E-state index in [1.165, 1.54) is 0 Å². The van der Waals surface area contributed by atoms with E-state index in [1.54, 1.807) is 19.2 Å². The number of rotatable bonds is 6. The Kier molecular flexibility index (Phi) is 4.66. The van der Waals surface area contributed by atoms with E-state index in [-0.39, 0.29) is 18.6 Å². The van der Waals surface area contributed by atoms with Crippen molar-refractivity contribution in [2.75, 3.05) is 7.11 Å². The molecule has 20 heavy (non-hydrogen) atoms. The second kappa shape index (κ2) is 6.66. The minimum atomic E-state index is -0.390. The average Bonchev–Trinajstić information content (AvgIpc) is 2.48. The topological polar surface area (TPSA) is 43.4 Å². The fraction of sp³-hybridized carbons (Fsp3) is 0.176. The average molecular weight is 268 g/mol. The van der Waals surface area contributed by atoms with Gasteiger partial charge in [0.2, 0.25) is 11.6 Å². The van der Waals surface area contributed by atoms with Gasteiger partial charge in [0.05, 0.1) is 7.11 Å². The first-order valence-corrected chi connectivity index (χ1v) is 6.42. The second-order valence-corrected chi connectivity index (χ2v) is 4.50. The number of carbonyl (C=O) groups excluding carboxylic acids is 2. The van der Waals surface area contributed by atoms with Crippen molar-refractivity contribution in [1.29, 1.82) is 0 Å². The largest absolute Gasteiger partial charge is 0.496 e. The first-order chi connectivity index (χ1) is 9.70. The molecule has 0 aliphatic rings. The summed E-state index contributed by atoms with van der Waals surface area (Å²) in [6.45, 7) is 0. The molecule has 0 saturated heterocycles. The number of hydrogen-bond acceptors (Lipinski definition) is 3. The lowest BCUT2D eigenvalue weighted by Gasteiger charge is -2.07. The molecule has 0 fully saturated rings. The third-order valence-electron chi connectivity index (χ3n) is 3.06. The smallest absolute Gasteiger partial charge is 0.203 e. The summed E-state index contributed by atoms with van der Waals surface area (Å²) in [5.41, 5.74) is 1.59. The lowest BCUT2D eigenvalue weighted by Crippen LogP contribution is -2.19. The third-order valence-corrected chi connectivity index (χ3v) is 3.06. The summed E-state index contributed by atoms with van der Waals surface area (Å²) < 4.78 is 5.18. The van der Waals surface area contributed by atoms with Gasteiger partial charge in [-0.05, 0) is 11.6 Å². The van der Waals surface area contributed by atoms with E-state index in [2.05, 4.69) is 0 Å². The van der Waals surface area contributed by atoms with Crippen LogP contribution in [0.2, 0.25) is 0 Å². The van der Waals surface area contributed by atoms with Gasteiger partial charge in [0.1, 0.15) is 5.75 Å². The third kappa shape index (κ3) is 3.54. The standard InChI is InChI=1S/C17H16O3/c1-20-17-10-6-5-9-14(17)12-16(19)15(18)11-13-7-3-2-4-8-13/h2-10H,11-12H2,1H3. The van der Waals surface area contributed by atoms with Crippen LogP contribution in [-0.4, -0.2) is 18.7 Å². The molecule has 0 bridgehead atoms. The monoisotopic (exact) mass is 268 g/mol. The van der Waals surface area contributed by atoms with Crippen LogP contribution in [0.15, 0.2) is 54.6 Å². The van der Waals surface area contributed by atoms with Gasteiger partial charge in [0.15, 0.2) is 0 Å². The van der Waals surface area contributed by atoms with Crippen LogP contribution in [0.5, 0.6) is 5.75 Å². The molecular weight excluding hydrogens is 252 g/mol. The molecule has 0 saturated carbocycles. The second-order valence-electron chi connectivity index (χ2n) is 4.50. The van der Waals surface area contributed by atoms with Gasteiger partial charge in [0.25, 0.3) is 0 Å². The summed E-state index contributed by atoms with van der Waals surface area (Å²) in [6, 6.07) is 16.5. The Labute approximate surface area is 118 Å². The Morgan fingerprint density at radius 3 is 2.15 bits per heavy atom. The van der Waals surface area contributed by atoms with Crippen LogP contribution < -0.4 is 4.74 Å². The number of methoxy groups -OCH3 is 1. The highest BCUT2D eigenvalue weighted by atomic mass is 16.5. The molecule has 2 rings (SSSR count). The molecule has 102 valence electrons. The van der Waals surface area contributed by atoms with Gasteiger partial charge >= 0.3 is 0 Å². The SMILES string of the molecule is COc1ccccc1CC(=O)C(=O)Cc1ccccc1. The first-order valence-electron chi connectivity index (χ1n) is 6.42. The molecule has 0 atom stereocenters. The molecule has 0 aliphatic heterocycles. The highest BCUT2D eigenvalue weighted by Gasteiger charge is 2.16. The molecule has 2 aromatic carbocycles. The maximum atomic E-state index is 12.0. The Hall–Kier alpha value is -2.42. The molecule has 0 amide bonds. The van der Waals surface area contributed by atoms with Gasteiger partial charge in [-0.3, -0.25) is 9.59 Å². The van der Waals surface area contributed by atoms with Gasteiger partial charge in [0, 0.05) is 18.4 Å². The van der Waals surface area contributed by atoms with E-state index in [4.69, 9.17) is 4.74 Å². The molecule has 0 aliphatic carbocycles. The minimum absolute atomic E-state index is 0.0790. The number of hydrogen-bond donors (Lipinski definition) is 0. The molecule has 2 aromatic rings. The van der Waals surface area contributed by atoms with Gasteiger partial charge in [-0.2, -0.15) is 0 Å². The van der Waals surface area contributed by atoms with Crippen LogP contribution in [0.4, 0.5) is 0 Å². The summed E-state index contributed by atoms with van der Waals surface area (Å²) in [6.07, 6.45) is 0.227. The van der Waals surface area contributed by atoms with Crippen molar-refractivity contribution in [3.8, 4) is 5.75 Å². The van der Waals surface area contributed by atoms with E-state index in [0.29, 0.717) is 5.75 Å². The fourth-order valence-electron chi connectivity index (χ4n) is 2.00. The predicted molar refractivity (Wildman–Crippen MR) is 76.9 cm³/mol. The predicted octanol–water partition coefficient (Wildman–Crippen LogP) is 2.62. The number of ether oxygens (including phenoxy) is 1. The van der Waals surface area contributed by atoms with Gasteiger partial charge in [-0.25, -0.2) is 0 Å². The summed E-state index contributed by atoms with van der Waals surface area (Å²) >= 11 is 0. The van der Waals surface area contributed by atoms with Crippen molar-refractivity contribution in [3.63, 3.8) is 0 Å². The molecule has 0 aromatic heterocycles. The van der Waals surface area contributed by atoms with E-state index in [0.717, 1.165) is 11.1 Å². The van der Waals surface area contributed by atoms with Gasteiger partial charge in [-0.1, -0.05) is 48.5 Å². The van der Waals surface area contributed by atoms with Crippen molar-refractivity contribution < 1.29 is 14.3 Å². The minimum Gasteiger partial charge on any atom is -0.496 e. The maximum absolute atomic E-state index is 12.0. The highest BCUT2D eigenvalue weighted by Crippen LogP contribution is 2.18. The molecule has 3 heteroatoms. The van der Waals surface area contributed by atoms with E-state index in [9.17, 15) is 9.59 Å². The van der Waals surface area contributed by atoms with E-state index in [1.807, 2.05) is 42.5 Å². The number of para-hydroxylation sites is 1. The van der Waals surface area contributed by atoms with Crippen LogP contribution in [0.1, 0.15) is 11.1 Å². The molecule has 0 spiro atoms. The van der Waals surface area contributed by atoms with Crippen LogP contribution in [0.3, 0.4) is 0 Å². The molecule has 0 unspecified atom stereocenters. The van der Waals surface area contributed by atoms with Crippen LogP contribution in [0.25, 0.3) is 0 Å². The molecule has 0 heterocycles. The van der Waals surface area contributed by atoms with Gasteiger partial charge < -0.3 is 4.74 Å². The Balaban J connectivity index is 2.03. The normalized spacial score (nSPS) is 10.1. The number of ketones is 2. The molecule has 0 radical (unpaired) electrons. The van der Waals surface area contributed by atoms with Crippen LogP contribution >= 0.6 is 0 Å². The molecular formula is C17H16O3. The Morgan fingerprint density at radius 1 is 0.850 bits per heavy atom. The van der Waals surface area contributed by atoms with Crippen molar-refractivity contribution in [2.24, 2.45) is 0 Å². The zero-order valence-electron chi connectivity index (χ0n) is 11.3. The van der Waals surface area contributed by atoms with Gasteiger partial charge in [-0.15, -0.1) is 0 Å². The van der Waals surface area contributed by atoms with Crippen LogP contribution in [0, 0.1) is 0 Å². The van der Waals surface area contributed by atoms with Crippen molar-refractivity contribution in [3.05, 3.63) is 65.7 Å². The Bertz CT molecular complexity index is 603. The van der Waals surface area contributed by atoms with Crippen molar-refractivity contribution >= 4 is 11.6 Å². The zero-order chi connectivity index (χ0) is 14.4. The summed E-state index contributed by atoms with van der Waals surface area (Å²) in [7, 11) is 1.55. The highest BCUT2D eigenvalue weighted by molar-refractivity contribution is 6.38. The van der Waals surface area contributed by atoms with Crippen molar-refractivity contribution in [2.45, 2.75) is 12.8 Å². The maximum Gasteiger partial charge on any atom is 0.203 e. The lowest BCUT2D eigenvalue weighted by atomic mass is 10.0. The summed E-state index contributed by atoms with van der Waals surface area (Å²) in [5.74, 6) is -0.131. The van der Waals surface area contributed by atoms with Crippen LogP contribution in [-0.2, 0) is 22.4 Å². The van der Waals surface area contributed by atoms with E-state index >= 15 is 0 Å². The number of carbonyl (C=O) groups is 2. The molecule has 0 N–H and O–H groups in total. The first kappa shape index (κ1) is 14.0. The zero-order valence-corrected chi connectivity index (χ0v) is 11.3. The lowest BCUT2D eigenvalue weighted by molar-refractivity contribution is -0.135. The number of Topliss-reactive ketones (excluding diaryl/α,β-unsaturated/α-hetero) is 2. The fourth-order valence-corrected chi connectivity index (χ4v) is 2.00. The quantitative estimate of drug-likeness (QED) is 0.756. The van der Waals surface area contributed by atoms with E-state index < -0.39 is 5.78 Å². The summed E-state index contributed by atoms with van der Waals surface area (Å²) in [5, 5.41) is 0. The number of benzene rings is 2. The summed E-state index contributed by atoms with van der Waals surface area (Å²) in [4.78, 5) is 23.9. The van der Waals surface area contributed by atoms with Crippen molar-refractivity contribution in [1.82, 2.24) is 0 Å². The molecule has 3 nitrogen and oxygen atoms in total. The Morgan fingerprint density at radius 2 is 1.45 bits per heavy atom.